The Hall–Kier alpha value is -2.53. The molecule has 0 aliphatic rings. The van der Waals surface area contributed by atoms with Gasteiger partial charge in [-0.3, -0.25) is 0 Å². The first-order valence-electron chi connectivity index (χ1n) is 8.11. The van der Waals surface area contributed by atoms with Crippen molar-refractivity contribution >= 4 is 11.7 Å². The molecule has 2 rings (SSSR count). The van der Waals surface area contributed by atoms with E-state index in [1.54, 1.807) is 7.11 Å². The maximum absolute atomic E-state index is 11.7. The molecule has 1 atom stereocenters. The molecule has 3 N–H and O–H groups in total. The van der Waals surface area contributed by atoms with Crippen LogP contribution in [0.5, 0.6) is 5.75 Å². The molecule has 0 aliphatic heterocycles. The lowest BCUT2D eigenvalue weighted by molar-refractivity contribution is 0.163. The van der Waals surface area contributed by atoms with E-state index in [-0.39, 0.29) is 6.03 Å². The summed E-state index contributed by atoms with van der Waals surface area (Å²) in [5.74, 6) is 0.777. The molecule has 5 heteroatoms. The molecule has 0 aromatic heterocycles. The van der Waals surface area contributed by atoms with Crippen LogP contribution in [-0.4, -0.2) is 24.8 Å². The normalized spacial score (nSPS) is 11.6. The molecule has 0 heterocycles. The number of anilines is 1. The van der Waals surface area contributed by atoms with Gasteiger partial charge < -0.3 is 20.5 Å². The first-order chi connectivity index (χ1) is 11.7. The van der Waals surface area contributed by atoms with E-state index in [2.05, 4.69) is 10.6 Å². The van der Waals surface area contributed by atoms with E-state index in [9.17, 15) is 9.90 Å². The number of hydrogen-bond acceptors (Lipinski definition) is 3. The number of methoxy groups -OCH3 is 1. The minimum atomic E-state index is -0.492. The summed E-state index contributed by atoms with van der Waals surface area (Å²) in [6.07, 6.45) is 1.82. The highest BCUT2D eigenvalue weighted by Crippen LogP contribution is 2.21. The molecule has 128 valence electrons. The van der Waals surface area contributed by atoms with Crippen LogP contribution in [0.4, 0.5) is 10.5 Å². The van der Waals surface area contributed by atoms with Crippen molar-refractivity contribution in [3.8, 4) is 5.75 Å². The van der Waals surface area contributed by atoms with Crippen molar-refractivity contribution in [2.45, 2.75) is 25.4 Å². The van der Waals surface area contributed by atoms with Gasteiger partial charge in [0.1, 0.15) is 5.75 Å². The minimum absolute atomic E-state index is 0.211. The number of rotatable bonds is 8. The van der Waals surface area contributed by atoms with Gasteiger partial charge in [-0.05, 0) is 49.1 Å². The summed E-state index contributed by atoms with van der Waals surface area (Å²) in [6.45, 7) is 0.577. The van der Waals surface area contributed by atoms with Crippen LogP contribution < -0.4 is 15.4 Å². The Kier molecular flexibility index (Phi) is 7.11. The Labute approximate surface area is 142 Å². The fraction of sp³-hybridized carbons (Fsp3) is 0.316. The molecule has 5 nitrogen and oxygen atoms in total. The van der Waals surface area contributed by atoms with E-state index in [1.165, 1.54) is 0 Å². The third-order valence-electron chi connectivity index (χ3n) is 3.72. The highest BCUT2D eigenvalue weighted by molar-refractivity contribution is 5.89. The quantitative estimate of drug-likeness (QED) is 0.647. The summed E-state index contributed by atoms with van der Waals surface area (Å²) in [4.78, 5) is 11.7. The summed E-state index contributed by atoms with van der Waals surface area (Å²) < 4.78 is 5.10. The minimum Gasteiger partial charge on any atom is -0.497 e. The highest BCUT2D eigenvalue weighted by atomic mass is 16.5. The molecule has 0 spiro atoms. The van der Waals surface area contributed by atoms with Crippen molar-refractivity contribution in [2.24, 2.45) is 0 Å². The average molecular weight is 328 g/mol. The maximum Gasteiger partial charge on any atom is 0.319 e. The number of aliphatic hydroxyl groups excluding tert-OH is 1. The largest absolute Gasteiger partial charge is 0.497 e. The fourth-order valence-electron chi connectivity index (χ4n) is 2.35. The number of urea groups is 1. The number of carbonyl (C=O) groups is 1. The zero-order valence-corrected chi connectivity index (χ0v) is 13.9. The number of aliphatic hydroxyl groups is 1. The number of benzene rings is 2. The third-order valence-corrected chi connectivity index (χ3v) is 3.72. The van der Waals surface area contributed by atoms with Crippen molar-refractivity contribution in [3.63, 3.8) is 0 Å². The van der Waals surface area contributed by atoms with E-state index in [0.29, 0.717) is 13.0 Å². The van der Waals surface area contributed by atoms with Crippen molar-refractivity contribution in [2.75, 3.05) is 19.0 Å². The zero-order valence-electron chi connectivity index (χ0n) is 13.9. The first kappa shape index (κ1) is 17.8. The molecule has 0 fully saturated rings. The molecule has 2 aromatic carbocycles. The van der Waals surface area contributed by atoms with E-state index < -0.39 is 6.10 Å². The molecule has 0 radical (unpaired) electrons. The maximum atomic E-state index is 11.7. The summed E-state index contributed by atoms with van der Waals surface area (Å²) >= 11 is 0. The highest BCUT2D eigenvalue weighted by Gasteiger charge is 2.07. The second-order valence-electron chi connectivity index (χ2n) is 5.53. The standard InChI is InChI=1S/C19H24N2O3/c1-24-17-12-10-15(11-13-17)18(22)9-5-6-14-20-19(23)21-16-7-3-2-4-8-16/h2-4,7-8,10-13,18,22H,5-6,9,14H2,1H3,(H2,20,21,23). The van der Waals surface area contributed by atoms with Crippen LogP contribution in [0.25, 0.3) is 0 Å². The SMILES string of the molecule is COc1ccc(C(O)CCCCNC(=O)Nc2ccccc2)cc1. The Balaban J connectivity index is 1.61. The monoisotopic (exact) mass is 328 g/mol. The molecule has 1 unspecified atom stereocenters. The van der Waals surface area contributed by atoms with E-state index in [4.69, 9.17) is 4.74 Å². The fourth-order valence-corrected chi connectivity index (χ4v) is 2.35. The lowest BCUT2D eigenvalue weighted by Gasteiger charge is -2.12. The van der Waals surface area contributed by atoms with Crippen LogP contribution in [0.1, 0.15) is 30.9 Å². The molecular weight excluding hydrogens is 304 g/mol. The molecule has 2 amide bonds. The van der Waals surface area contributed by atoms with Gasteiger partial charge in [0, 0.05) is 12.2 Å². The Morgan fingerprint density at radius 3 is 2.46 bits per heavy atom. The molecule has 2 aromatic rings. The van der Waals surface area contributed by atoms with Crippen molar-refractivity contribution in [1.82, 2.24) is 5.32 Å². The number of nitrogens with one attached hydrogen (secondary N) is 2. The number of ether oxygens (including phenoxy) is 1. The van der Waals surface area contributed by atoms with Crippen LogP contribution in [-0.2, 0) is 0 Å². The molecule has 0 bridgehead atoms. The van der Waals surface area contributed by atoms with Gasteiger partial charge >= 0.3 is 6.03 Å². The van der Waals surface area contributed by atoms with Crippen LogP contribution >= 0.6 is 0 Å². The summed E-state index contributed by atoms with van der Waals surface area (Å²) in [7, 11) is 1.62. The lowest BCUT2D eigenvalue weighted by atomic mass is 10.0. The average Bonchev–Trinajstić information content (AvgIpc) is 2.62. The van der Waals surface area contributed by atoms with Gasteiger partial charge in [-0.15, -0.1) is 0 Å². The van der Waals surface area contributed by atoms with Gasteiger partial charge in [0.05, 0.1) is 13.2 Å². The smallest absolute Gasteiger partial charge is 0.319 e. The number of amides is 2. The zero-order chi connectivity index (χ0) is 17.2. The van der Waals surface area contributed by atoms with Gasteiger partial charge in [-0.25, -0.2) is 4.79 Å². The van der Waals surface area contributed by atoms with E-state index in [0.717, 1.165) is 29.8 Å². The Morgan fingerprint density at radius 2 is 1.79 bits per heavy atom. The number of carbonyl (C=O) groups excluding carboxylic acids is 1. The second-order valence-corrected chi connectivity index (χ2v) is 5.53. The predicted molar refractivity (Wildman–Crippen MR) is 95.3 cm³/mol. The molecule has 0 saturated carbocycles. The van der Waals surface area contributed by atoms with Crippen molar-refractivity contribution in [1.29, 1.82) is 0 Å². The van der Waals surface area contributed by atoms with E-state index >= 15 is 0 Å². The van der Waals surface area contributed by atoms with Gasteiger partial charge in [0.2, 0.25) is 0 Å². The molecule has 0 saturated heterocycles. The third kappa shape index (κ3) is 5.93. The van der Waals surface area contributed by atoms with Crippen LogP contribution in [0.15, 0.2) is 54.6 Å². The van der Waals surface area contributed by atoms with Gasteiger partial charge in [0.25, 0.3) is 0 Å². The van der Waals surface area contributed by atoms with Crippen molar-refractivity contribution < 1.29 is 14.6 Å². The van der Waals surface area contributed by atoms with E-state index in [1.807, 2.05) is 54.6 Å². The summed E-state index contributed by atoms with van der Waals surface area (Å²) in [6, 6.07) is 16.5. The summed E-state index contributed by atoms with van der Waals surface area (Å²) in [5.41, 5.74) is 1.65. The number of hydrogen-bond donors (Lipinski definition) is 3. The van der Waals surface area contributed by atoms with Crippen LogP contribution in [0.3, 0.4) is 0 Å². The Morgan fingerprint density at radius 1 is 1.08 bits per heavy atom. The molecular formula is C19H24N2O3. The lowest BCUT2D eigenvalue weighted by Crippen LogP contribution is -2.29. The summed E-state index contributed by atoms with van der Waals surface area (Å²) in [5, 5.41) is 15.7. The van der Waals surface area contributed by atoms with Crippen molar-refractivity contribution in [3.05, 3.63) is 60.2 Å². The van der Waals surface area contributed by atoms with Gasteiger partial charge in [-0.2, -0.15) is 0 Å². The van der Waals surface area contributed by atoms with Gasteiger partial charge in [-0.1, -0.05) is 30.3 Å². The Bertz CT molecular complexity index is 614. The number of para-hydroxylation sites is 1. The van der Waals surface area contributed by atoms with Gasteiger partial charge in [0.15, 0.2) is 0 Å². The number of unbranched alkanes of at least 4 members (excludes halogenated alkanes) is 1. The first-order valence-corrected chi connectivity index (χ1v) is 8.11. The molecule has 24 heavy (non-hydrogen) atoms. The second kappa shape index (κ2) is 9.57. The topological polar surface area (TPSA) is 70.6 Å². The predicted octanol–water partition coefficient (Wildman–Crippen LogP) is 3.72. The van der Waals surface area contributed by atoms with Crippen LogP contribution in [0.2, 0.25) is 0 Å². The van der Waals surface area contributed by atoms with Crippen LogP contribution in [0, 0.1) is 0 Å². The molecule has 0 aliphatic carbocycles.